The number of halogens is 1. The van der Waals surface area contributed by atoms with Crippen LogP contribution in [0.15, 0.2) is 18.3 Å². The van der Waals surface area contributed by atoms with E-state index in [1.165, 1.54) is 0 Å². The molecule has 2 aromatic rings. The molecule has 0 aliphatic heterocycles. The lowest BCUT2D eigenvalue weighted by Gasteiger charge is -1.98. The van der Waals surface area contributed by atoms with Crippen LogP contribution >= 0.6 is 22.6 Å². The highest BCUT2D eigenvalue weighted by Crippen LogP contribution is 2.16. The summed E-state index contributed by atoms with van der Waals surface area (Å²) in [7, 11) is 0. The summed E-state index contributed by atoms with van der Waals surface area (Å²) in [6.45, 7) is 4.14. The number of pyridine rings is 1. The molecule has 5 heteroatoms. The van der Waals surface area contributed by atoms with Crippen LogP contribution in [-0.4, -0.2) is 22.0 Å². The first-order valence-corrected chi connectivity index (χ1v) is 6.02. The Hall–Kier alpha value is -1.11. The number of hydrogen-bond donors (Lipinski definition) is 0. The molecule has 2 heterocycles. The van der Waals surface area contributed by atoms with Gasteiger partial charge >= 0.3 is 5.97 Å². The van der Waals surface area contributed by atoms with Gasteiger partial charge in [-0.2, -0.15) is 0 Å². The van der Waals surface area contributed by atoms with Crippen molar-refractivity contribution in [3.05, 3.63) is 33.3 Å². The molecular weight excluding hydrogens is 319 g/mol. The molecule has 0 aromatic carbocycles. The Bertz CT molecular complexity index is 548. The van der Waals surface area contributed by atoms with Gasteiger partial charge in [0.2, 0.25) is 0 Å². The lowest BCUT2D eigenvalue weighted by Crippen LogP contribution is -2.06. The number of ether oxygens (including phenoxy) is 1. The third kappa shape index (κ3) is 1.91. The maximum atomic E-state index is 11.6. The second-order valence-electron chi connectivity index (χ2n) is 3.41. The lowest BCUT2D eigenvalue weighted by molar-refractivity contribution is 0.0519. The molecule has 84 valence electrons. The highest BCUT2D eigenvalue weighted by Gasteiger charge is 2.17. The summed E-state index contributed by atoms with van der Waals surface area (Å²) in [4.78, 5) is 15.9. The minimum Gasteiger partial charge on any atom is -0.461 e. The van der Waals surface area contributed by atoms with Crippen LogP contribution in [0.5, 0.6) is 0 Å². The predicted molar refractivity (Wildman–Crippen MR) is 68.6 cm³/mol. The van der Waals surface area contributed by atoms with Crippen molar-refractivity contribution in [3.8, 4) is 0 Å². The van der Waals surface area contributed by atoms with Gasteiger partial charge in [-0.05, 0) is 48.1 Å². The molecule has 0 saturated heterocycles. The molecule has 0 fully saturated rings. The van der Waals surface area contributed by atoms with Gasteiger partial charge in [0, 0.05) is 6.20 Å². The Morgan fingerprint density at radius 2 is 2.31 bits per heavy atom. The van der Waals surface area contributed by atoms with E-state index in [-0.39, 0.29) is 5.97 Å². The largest absolute Gasteiger partial charge is 0.461 e. The number of nitrogens with zero attached hydrogens (tertiary/aromatic N) is 2. The number of fused-ring (bicyclic) bond motifs is 1. The van der Waals surface area contributed by atoms with Crippen molar-refractivity contribution in [3.63, 3.8) is 0 Å². The van der Waals surface area contributed by atoms with Crippen molar-refractivity contribution in [1.29, 1.82) is 0 Å². The van der Waals surface area contributed by atoms with E-state index in [1.54, 1.807) is 6.92 Å². The normalized spacial score (nSPS) is 10.7. The predicted octanol–water partition coefficient (Wildman–Crippen LogP) is 2.42. The zero-order valence-electron chi connectivity index (χ0n) is 9.03. The fourth-order valence-electron chi connectivity index (χ4n) is 1.45. The summed E-state index contributed by atoms with van der Waals surface area (Å²) in [5.41, 5.74) is 2.27. The molecule has 16 heavy (non-hydrogen) atoms. The molecule has 2 aromatic heterocycles. The molecular formula is C11H11IN2O2. The summed E-state index contributed by atoms with van der Waals surface area (Å²) in [6, 6.07) is 3.85. The van der Waals surface area contributed by atoms with Gasteiger partial charge in [-0.25, -0.2) is 9.78 Å². The molecule has 0 atom stereocenters. The van der Waals surface area contributed by atoms with E-state index in [4.69, 9.17) is 4.74 Å². The van der Waals surface area contributed by atoms with E-state index < -0.39 is 0 Å². The van der Waals surface area contributed by atoms with Crippen molar-refractivity contribution in [2.24, 2.45) is 0 Å². The van der Waals surface area contributed by atoms with Crippen molar-refractivity contribution in [1.82, 2.24) is 9.38 Å². The van der Waals surface area contributed by atoms with E-state index in [2.05, 4.69) is 27.6 Å². The van der Waals surface area contributed by atoms with Crippen LogP contribution in [0.3, 0.4) is 0 Å². The number of aromatic nitrogens is 2. The molecule has 0 radical (unpaired) electrons. The fourth-order valence-corrected chi connectivity index (χ4v) is 2.18. The first kappa shape index (κ1) is 11.4. The van der Waals surface area contributed by atoms with Gasteiger partial charge < -0.3 is 4.74 Å². The fraction of sp³-hybridized carbons (Fsp3) is 0.273. The van der Waals surface area contributed by atoms with Crippen molar-refractivity contribution >= 4 is 34.2 Å². The summed E-state index contributed by atoms with van der Waals surface area (Å²) in [6.07, 6.45) is 1.95. The third-order valence-electron chi connectivity index (χ3n) is 2.18. The molecule has 0 bridgehead atoms. The number of carbonyl (C=O) groups excluding carboxylic acids is 1. The highest BCUT2D eigenvalue weighted by atomic mass is 127. The quantitative estimate of drug-likeness (QED) is 0.627. The zero-order valence-corrected chi connectivity index (χ0v) is 11.2. The molecule has 0 amide bonds. The van der Waals surface area contributed by atoms with Gasteiger partial charge in [0.1, 0.15) is 9.35 Å². The average Bonchev–Trinajstić information content (AvgIpc) is 2.57. The number of aryl methyl sites for hydroxylation is 1. The molecule has 0 N–H and O–H groups in total. The smallest absolute Gasteiger partial charge is 0.359 e. The molecule has 0 aliphatic rings. The Balaban J connectivity index is 2.56. The first-order chi connectivity index (χ1) is 7.63. The van der Waals surface area contributed by atoms with E-state index in [1.807, 2.05) is 29.7 Å². The minimum atomic E-state index is -0.367. The second kappa shape index (κ2) is 4.40. The van der Waals surface area contributed by atoms with Crippen LogP contribution < -0.4 is 0 Å². The summed E-state index contributed by atoms with van der Waals surface area (Å²) in [5, 5.41) is 0. The summed E-state index contributed by atoms with van der Waals surface area (Å²) >= 11 is 2.11. The zero-order chi connectivity index (χ0) is 11.7. The Kier molecular flexibility index (Phi) is 3.13. The maximum absolute atomic E-state index is 11.6. The summed E-state index contributed by atoms with van der Waals surface area (Å²) < 4.78 is 7.63. The van der Waals surface area contributed by atoms with Crippen LogP contribution in [0.4, 0.5) is 0 Å². The highest BCUT2D eigenvalue weighted by molar-refractivity contribution is 14.1. The monoisotopic (exact) mass is 330 g/mol. The Morgan fingerprint density at radius 3 is 3.00 bits per heavy atom. The van der Waals surface area contributed by atoms with Gasteiger partial charge in [0.05, 0.1) is 6.61 Å². The first-order valence-electron chi connectivity index (χ1n) is 4.94. The Labute approximate surface area is 107 Å². The van der Waals surface area contributed by atoms with Gasteiger partial charge in [0.15, 0.2) is 5.69 Å². The summed E-state index contributed by atoms with van der Waals surface area (Å²) in [5.74, 6) is -0.367. The van der Waals surface area contributed by atoms with Crippen LogP contribution in [0.1, 0.15) is 23.0 Å². The van der Waals surface area contributed by atoms with Crippen molar-refractivity contribution in [2.75, 3.05) is 6.61 Å². The number of imidazole rings is 1. The second-order valence-corrected chi connectivity index (χ2v) is 4.43. The molecule has 0 saturated carbocycles. The van der Waals surface area contributed by atoms with Crippen molar-refractivity contribution in [2.45, 2.75) is 13.8 Å². The SMILES string of the molecule is CCOC(=O)c1nc2ccc(C)cn2c1I. The topological polar surface area (TPSA) is 43.6 Å². The van der Waals surface area contributed by atoms with Gasteiger partial charge in [-0.3, -0.25) is 4.40 Å². The molecule has 4 nitrogen and oxygen atoms in total. The minimum absolute atomic E-state index is 0.363. The van der Waals surface area contributed by atoms with Crippen LogP contribution in [0.25, 0.3) is 5.65 Å². The third-order valence-corrected chi connectivity index (χ3v) is 3.21. The van der Waals surface area contributed by atoms with Crippen LogP contribution in [-0.2, 0) is 4.74 Å². The van der Waals surface area contributed by atoms with E-state index in [0.29, 0.717) is 12.3 Å². The van der Waals surface area contributed by atoms with Crippen LogP contribution in [0, 0.1) is 10.6 Å². The Morgan fingerprint density at radius 1 is 1.56 bits per heavy atom. The maximum Gasteiger partial charge on any atom is 0.359 e. The number of esters is 1. The van der Waals surface area contributed by atoms with Gasteiger partial charge in [-0.1, -0.05) is 6.07 Å². The number of rotatable bonds is 2. The molecule has 0 spiro atoms. The number of hydrogen-bond acceptors (Lipinski definition) is 3. The van der Waals surface area contributed by atoms with Crippen LogP contribution in [0.2, 0.25) is 0 Å². The number of carbonyl (C=O) groups is 1. The molecule has 0 aliphatic carbocycles. The van der Waals surface area contributed by atoms with E-state index >= 15 is 0 Å². The standard InChI is InChI=1S/C11H11IN2O2/c1-3-16-11(15)9-10(12)14-6-7(2)4-5-8(14)13-9/h4-6H,3H2,1-2H3. The molecule has 0 unspecified atom stereocenters. The van der Waals surface area contributed by atoms with Crippen molar-refractivity contribution < 1.29 is 9.53 Å². The van der Waals surface area contributed by atoms with E-state index in [9.17, 15) is 4.79 Å². The molecule has 2 rings (SSSR count). The average molecular weight is 330 g/mol. The lowest BCUT2D eigenvalue weighted by atomic mass is 10.3. The van der Waals surface area contributed by atoms with Gasteiger partial charge in [-0.15, -0.1) is 0 Å². The van der Waals surface area contributed by atoms with Gasteiger partial charge in [0.25, 0.3) is 0 Å². The van der Waals surface area contributed by atoms with E-state index in [0.717, 1.165) is 14.9 Å².